The Hall–Kier alpha value is -1.84. The number of benzene rings is 1. The number of nitrogens with one attached hydrogen (secondary N) is 2. The minimum absolute atomic E-state index is 0.0743. The Balaban J connectivity index is 1.98. The number of rotatable bonds is 3. The van der Waals surface area contributed by atoms with Crippen LogP contribution in [-0.2, 0) is 4.79 Å². The number of anilines is 1. The summed E-state index contributed by atoms with van der Waals surface area (Å²) in [6.45, 7) is 2.07. The highest BCUT2D eigenvalue weighted by Gasteiger charge is 2.38. The summed E-state index contributed by atoms with van der Waals surface area (Å²) < 4.78 is 0. The van der Waals surface area contributed by atoms with E-state index >= 15 is 0 Å². The summed E-state index contributed by atoms with van der Waals surface area (Å²) in [6.07, 6.45) is 0.974. The van der Waals surface area contributed by atoms with Gasteiger partial charge in [-0.3, -0.25) is 9.59 Å². The predicted octanol–water partition coefficient (Wildman–Crippen LogP) is 1.64. The van der Waals surface area contributed by atoms with Gasteiger partial charge in [-0.2, -0.15) is 0 Å². The van der Waals surface area contributed by atoms with Crippen molar-refractivity contribution in [2.45, 2.75) is 13.3 Å². The van der Waals surface area contributed by atoms with E-state index in [1.165, 1.54) is 0 Å². The van der Waals surface area contributed by atoms with Crippen molar-refractivity contribution >= 4 is 17.5 Å². The summed E-state index contributed by atoms with van der Waals surface area (Å²) in [7, 11) is 1.59. The van der Waals surface area contributed by atoms with Crippen molar-refractivity contribution in [3.05, 3.63) is 29.8 Å². The molecule has 90 valence electrons. The highest BCUT2D eigenvalue weighted by atomic mass is 16.2. The van der Waals surface area contributed by atoms with Crippen LogP contribution in [0.3, 0.4) is 0 Å². The molecule has 0 unspecified atom stereocenters. The van der Waals surface area contributed by atoms with Crippen molar-refractivity contribution in [2.24, 2.45) is 11.8 Å². The lowest BCUT2D eigenvalue weighted by atomic mass is 10.2. The number of hydrogen-bond acceptors (Lipinski definition) is 2. The van der Waals surface area contributed by atoms with Gasteiger partial charge in [-0.1, -0.05) is 6.92 Å². The second-order valence-corrected chi connectivity index (χ2v) is 4.47. The van der Waals surface area contributed by atoms with E-state index in [9.17, 15) is 9.59 Å². The number of hydrogen-bond donors (Lipinski definition) is 2. The molecule has 1 aromatic carbocycles. The summed E-state index contributed by atoms with van der Waals surface area (Å²) >= 11 is 0. The third-order valence-electron chi connectivity index (χ3n) is 3.09. The second-order valence-electron chi connectivity index (χ2n) is 4.47. The lowest BCUT2D eigenvalue weighted by Gasteiger charge is -2.05. The molecule has 0 aromatic heterocycles. The van der Waals surface area contributed by atoms with Crippen molar-refractivity contribution in [1.82, 2.24) is 5.32 Å². The highest BCUT2D eigenvalue weighted by Crippen LogP contribution is 2.38. The number of carbonyl (C=O) groups excluding carboxylic acids is 2. The van der Waals surface area contributed by atoms with E-state index in [4.69, 9.17) is 0 Å². The summed E-state index contributed by atoms with van der Waals surface area (Å²) in [5.74, 6) is 0.609. The molecule has 17 heavy (non-hydrogen) atoms. The molecule has 0 radical (unpaired) electrons. The molecule has 2 rings (SSSR count). The van der Waals surface area contributed by atoms with Crippen LogP contribution in [0.1, 0.15) is 23.7 Å². The second kappa shape index (κ2) is 4.57. The Labute approximate surface area is 100 Å². The Morgan fingerprint density at radius 3 is 2.29 bits per heavy atom. The Morgan fingerprint density at radius 2 is 1.82 bits per heavy atom. The van der Waals surface area contributed by atoms with Gasteiger partial charge < -0.3 is 10.6 Å². The molecule has 1 saturated carbocycles. The van der Waals surface area contributed by atoms with Gasteiger partial charge in [-0.15, -0.1) is 0 Å². The largest absolute Gasteiger partial charge is 0.355 e. The molecule has 1 aliphatic carbocycles. The van der Waals surface area contributed by atoms with E-state index in [1.54, 1.807) is 31.3 Å². The van der Waals surface area contributed by atoms with Gasteiger partial charge in [0, 0.05) is 24.2 Å². The predicted molar refractivity (Wildman–Crippen MR) is 65.7 cm³/mol. The minimum Gasteiger partial charge on any atom is -0.355 e. The smallest absolute Gasteiger partial charge is 0.251 e. The lowest BCUT2D eigenvalue weighted by Crippen LogP contribution is -2.18. The quantitative estimate of drug-likeness (QED) is 0.832. The molecule has 0 spiro atoms. The number of carbonyl (C=O) groups is 2. The molecule has 4 heteroatoms. The maximum atomic E-state index is 11.7. The van der Waals surface area contributed by atoms with Crippen molar-refractivity contribution < 1.29 is 9.59 Å². The van der Waals surface area contributed by atoms with Crippen LogP contribution in [0.25, 0.3) is 0 Å². The summed E-state index contributed by atoms with van der Waals surface area (Å²) in [5.41, 5.74) is 1.33. The van der Waals surface area contributed by atoms with Crippen molar-refractivity contribution in [2.75, 3.05) is 12.4 Å². The summed E-state index contributed by atoms with van der Waals surface area (Å²) in [5, 5.41) is 5.40. The van der Waals surface area contributed by atoms with Crippen LogP contribution in [0.2, 0.25) is 0 Å². The van der Waals surface area contributed by atoms with Crippen LogP contribution in [0.15, 0.2) is 24.3 Å². The molecule has 2 amide bonds. The topological polar surface area (TPSA) is 58.2 Å². The van der Waals surface area contributed by atoms with Crippen molar-refractivity contribution in [3.8, 4) is 0 Å². The normalized spacial score (nSPS) is 21.8. The molecule has 0 heterocycles. The van der Waals surface area contributed by atoms with Gasteiger partial charge in [0.2, 0.25) is 5.91 Å². The first-order valence-corrected chi connectivity index (χ1v) is 5.75. The van der Waals surface area contributed by atoms with Gasteiger partial charge in [-0.25, -0.2) is 0 Å². The van der Waals surface area contributed by atoms with Crippen LogP contribution in [0.4, 0.5) is 5.69 Å². The van der Waals surface area contributed by atoms with Crippen LogP contribution >= 0.6 is 0 Å². The lowest BCUT2D eigenvalue weighted by molar-refractivity contribution is -0.117. The standard InChI is InChI=1S/C13H16N2O2/c1-8-7-11(8)13(17)15-10-5-3-9(4-6-10)12(16)14-2/h3-6,8,11H,7H2,1-2H3,(H,14,16)(H,15,17)/t8-,11-/m1/s1. The monoisotopic (exact) mass is 232 g/mol. The van der Waals surface area contributed by atoms with Gasteiger partial charge in [0.1, 0.15) is 0 Å². The summed E-state index contributed by atoms with van der Waals surface area (Å²) in [4.78, 5) is 23.0. The van der Waals surface area contributed by atoms with E-state index in [1.807, 2.05) is 0 Å². The van der Waals surface area contributed by atoms with E-state index < -0.39 is 0 Å². The molecule has 2 N–H and O–H groups in total. The molecule has 0 aliphatic heterocycles. The fourth-order valence-electron chi connectivity index (χ4n) is 1.77. The van der Waals surface area contributed by atoms with Gasteiger partial charge in [0.05, 0.1) is 0 Å². The molecular formula is C13H16N2O2. The fourth-order valence-corrected chi connectivity index (χ4v) is 1.77. The molecule has 1 aliphatic rings. The minimum atomic E-state index is -0.126. The fraction of sp³-hybridized carbons (Fsp3) is 0.385. The zero-order valence-electron chi connectivity index (χ0n) is 9.99. The molecule has 1 aromatic rings. The Kier molecular flexibility index (Phi) is 3.13. The zero-order valence-corrected chi connectivity index (χ0v) is 9.99. The van der Waals surface area contributed by atoms with E-state index in [0.29, 0.717) is 11.5 Å². The molecular weight excluding hydrogens is 216 g/mol. The first-order valence-electron chi connectivity index (χ1n) is 5.75. The van der Waals surface area contributed by atoms with Crippen LogP contribution in [0, 0.1) is 11.8 Å². The third-order valence-corrected chi connectivity index (χ3v) is 3.09. The molecule has 0 bridgehead atoms. The maximum absolute atomic E-state index is 11.7. The average molecular weight is 232 g/mol. The van der Waals surface area contributed by atoms with E-state index in [-0.39, 0.29) is 17.7 Å². The molecule has 1 fully saturated rings. The van der Waals surface area contributed by atoms with Crippen LogP contribution < -0.4 is 10.6 Å². The number of amides is 2. The summed E-state index contributed by atoms with van der Waals surface area (Å²) in [6, 6.07) is 6.89. The first kappa shape index (κ1) is 11.6. The SMILES string of the molecule is CNC(=O)c1ccc(NC(=O)[C@@H]2C[C@H]2C)cc1. The molecule has 4 nitrogen and oxygen atoms in total. The Bertz CT molecular complexity index is 439. The van der Waals surface area contributed by atoms with Crippen molar-refractivity contribution in [1.29, 1.82) is 0 Å². The Morgan fingerprint density at radius 1 is 1.24 bits per heavy atom. The van der Waals surface area contributed by atoms with Gasteiger partial charge in [0.25, 0.3) is 5.91 Å². The van der Waals surface area contributed by atoms with Gasteiger partial charge in [-0.05, 0) is 36.6 Å². The molecule has 2 atom stereocenters. The van der Waals surface area contributed by atoms with Gasteiger partial charge in [0.15, 0.2) is 0 Å². The van der Waals surface area contributed by atoms with Crippen molar-refractivity contribution in [3.63, 3.8) is 0 Å². The van der Waals surface area contributed by atoms with E-state index in [2.05, 4.69) is 17.6 Å². The maximum Gasteiger partial charge on any atom is 0.251 e. The molecule has 0 saturated heterocycles. The van der Waals surface area contributed by atoms with E-state index in [0.717, 1.165) is 12.1 Å². The first-order chi connectivity index (χ1) is 8.11. The van der Waals surface area contributed by atoms with Crippen LogP contribution in [-0.4, -0.2) is 18.9 Å². The van der Waals surface area contributed by atoms with Crippen LogP contribution in [0.5, 0.6) is 0 Å². The highest BCUT2D eigenvalue weighted by molar-refractivity contribution is 5.96. The van der Waals surface area contributed by atoms with Gasteiger partial charge >= 0.3 is 0 Å². The zero-order chi connectivity index (χ0) is 12.4. The average Bonchev–Trinajstić information content (AvgIpc) is 3.06. The third kappa shape index (κ3) is 2.64.